The second-order valence-corrected chi connectivity index (χ2v) is 8.36. The van der Waals surface area contributed by atoms with Gasteiger partial charge in [-0.1, -0.05) is 31.4 Å². The molecule has 0 aliphatic heterocycles. The first-order chi connectivity index (χ1) is 13.6. The van der Waals surface area contributed by atoms with Crippen molar-refractivity contribution in [3.05, 3.63) is 52.4 Å². The highest BCUT2D eigenvalue weighted by Crippen LogP contribution is 2.39. The SMILES string of the molecule is NC1(c2ccc(Nc3nn(C4CCCCC4)c4cc[nH]c(=O)c34)cc2)CCC1. The molecule has 6 heteroatoms. The normalized spacial score (nSPS) is 19.5. The summed E-state index contributed by atoms with van der Waals surface area (Å²) in [5.74, 6) is 0.626. The number of hydrogen-bond acceptors (Lipinski definition) is 4. The average molecular weight is 377 g/mol. The average Bonchev–Trinajstić information content (AvgIpc) is 3.07. The van der Waals surface area contributed by atoms with Crippen molar-refractivity contribution in [1.29, 1.82) is 0 Å². The molecule has 28 heavy (non-hydrogen) atoms. The van der Waals surface area contributed by atoms with Crippen LogP contribution in [0.15, 0.2) is 41.3 Å². The largest absolute Gasteiger partial charge is 0.338 e. The molecule has 0 spiro atoms. The molecule has 146 valence electrons. The van der Waals surface area contributed by atoms with Crippen LogP contribution in [0.25, 0.3) is 10.9 Å². The van der Waals surface area contributed by atoms with Gasteiger partial charge in [-0.15, -0.1) is 0 Å². The highest BCUT2D eigenvalue weighted by atomic mass is 16.1. The van der Waals surface area contributed by atoms with Gasteiger partial charge in [-0.3, -0.25) is 9.48 Å². The Morgan fingerprint density at radius 3 is 2.50 bits per heavy atom. The van der Waals surface area contributed by atoms with Crippen molar-refractivity contribution in [2.45, 2.75) is 62.9 Å². The van der Waals surface area contributed by atoms with Crippen LogP contribution in [0.5, 0.6) is 0 Å². The molecule has 0 unspecified atom stereocenters. The first kappa shape index (κ1) is 17.5. The molecule has 2 saturated carbocycles. The van der Waals surface area contributed by atoms with Gasteiger partial charge in [0.05, 0.1) is 11.6 Å². The van der Waals surface area contributed by atoms with Gasteiger partial charge in [-0.2, -0.15) is 5.10 Å². The summed E-state index contributed by atoms with van der Waals surface area (Å²) in [6.07, 6.45) is 11.0. The van der Waals surface area contributed by atoms with E-state index in [9.17, 15) is 4.79 Å². The van der Waals surface area contributed by atoms with Crippen molar-refractivity contribution < 1.29 is 0 Å². The zero-order chi connectivity index (χ0) is 19.1. The third-order valence-electron chi connectivity index (χ3n) is 6.52. The lowest BCUT2D eigenvalue weighted by atomic mass is 9.73. The van der Waals surface area contributed by atoms with Crippen molar-refractivity contribution in [2.75, 3.05) is 5.32 Å². The molecule has 6 nitrogen and oxygen atoms in total. The van der Waals surface area contributed by atoms with Crippen LogP contribution in [-0.2, 0) is 5.54 Å². The monoisotopic (exact) mass is 377 g/mol. The van der Waals surface area contributed by atoms with E-state index in [0.29, 0.717) is 17.2 Å². The maximum atomic E-state index is 12.6. The Labute approximate surface area is 164 Å². The molecular formula is C22H27N5O. The molecule has 2 aliphatic rings. The predicted molar refractivity (Wildman–Crippen MR) is 112 cm³/mol. The maximum absolute atomic E-state index is 12.6. The summed E-state index contributed by atoms with van der Waals surface area (Å²) in [6, 6.07) is 10.6. The summed E-state index contributed by atoms with van der Waals surface area (Å²) >= 11 is 0. The van der Waals surface area contributed by atoms with E-state index in [1.54, 1.807) is 6.20 Å². The summed E-state index contributed by atoms with van der Waals surface area (Å²) in [5, 5.41) is 8.83. The Morgan fingerprint density at radius 1 is 1.07 bits per heavy atom. The highest BCUT2D eigenvalue weighted by Gasteiger charge is 2.34. The van der Waals surface area contributed by atoms with Crippen LogP contribution in [0.1, 0.15) is 63.0 Å². The van der Waals surface area contributed by atoms with Crippen molar-refractivity contribution >= 4 is 22.4 Å². The zero-order valence-electron chi connectivity index (χ0n) is 16.1. The first-order valence-electron chi connectivity index (χ1n) is 10.4. The van der Waals surface area contributed by atoms with Crippen LogP contribution in [0.2, 0.25) is 0 Å². The molecular weight excluding hydrogens is 350 g/mol. The van der Waals surface area contributed by atoms with Gasteiger partial charge in [0.15, 0.2) is 5.82 Å². The van der Waals surface area contributed by atoms with Crippen LogP contribution in [0.3, 0.4) is 0 Å². The van der Waals surface area contributed by atoms with Crippen molar-refractivity contribution in [1.82, 2.24) is 14.8 Å². The topological polar surface area (TPSA) is 88.7 Å². The third-order valence-corrected chi connectivity index (χ3v) is 6.52. The van der Waals surface area contributed by atoms with Crippen LogP contribution >= 0.6 is 0 Å². The quantitative estimate of drug-likeness (QED) is 0.632. The molecule has 5 rings (SSSR count). The van der Waals surface area contributed by atoms with E-state index in [1.165, 1.54) is 31.2 Å². The number of aromatic nitrogens is 3. The summed E-state index contributed by atoms with van der Waals surface area (Å²) in [7, 11) is 0. The number of nitrogens with zero attached hydrogens (tertiary/aromatic N) is 2. The number of anilines is 2. The smallest absolute Gasteiger partial charge is 0.261 e. The van der Waals surface area contributed by atoms with Gasteiger partial charge in [0.2, 0.25) is 0 Å². The Bertz CT molecular complexity index is 1040. The molecule has 2 aliphatic carbocycles. The van der Waals surface area contributed by atoms with Gasteiger partial charge in [0.25, 0.3) is 5.56 Å². The van der Waals surface area contributed by atoms with Crippen LogP contribution < -0.4 is 16.6 Å². The predicted octanol–water partition coefficient (Wildman–Crippen LogP) is 4.31. The van der Waals surface area contributed by atoms with Crippen LogP contribution in [0.4, 0.5) is 11.5 Å². The summed E-state index contributed by atoms with van der Waals surface area (Å²) in [5.41, 5.74) is 9.17. The lowest BCUT2D eigenvalue weighted by molar-refractivity contribution is 0.253. The van der Waals surface area contributed by atoms with E-state index in [1.807, 2.05) is 18.2 Å². The van der Waals surface area contributed by atoms with E-state index >= 15 is 0 Å². The minimum absolute atomic E-state index is 0.103. The number of benzene rings is 1. The molecule has 4 N–H and O–H groups in total. The highest BCUT2D eigenvalue weighted by molar-refractivity contribution is 5.91. The van der Waals surface area contributed by atoms with Gasteiger partial charge >= 0.3 is 0 Å². The lowest BCUT2D eigenvalue weighted by Crippen LogP contribution is -2.43. The number of pyridine rings is 1. The molecule has 0 radical (unpaired) electrons. The van der Waals surface area contributed by atoms with E-state index in [0.717, 1.165) is 36.9 Å². The number of fused-ring (bicyclic) bond motifs is 1. The molecule has 3 aromatic rings. The fraction of sp³-hybridized carbons (Fsp3) is 0.455. The van der Waals surface area contributed by atoms with Crippen molar-refractivity contribution in [3.63, 3.8) is 0 Å². The minimum Gasteiger partial charge on any atom is -0.338 e. The van der Waals surface area contributed by atoms with E-state index in [2.05, 4.69) is 27.1 Å². The zero-order valence-corrected chi connectivity index (χ0v) is 16.1. The fourth-order valence-corrected chi connectivity index (χ4v) is 4.66. The van der Waals surface area contributed by atoms with Gasteiger partial charge in [0, 0.05) is 17.4 Å². The van der Waals surface area contributed by atoms with Gasteiger partial charge in [-0.25, -0.2) is 0 Å². The summed E-state index contributed by atoms with van der Waals surface area (Å²) in [6.45, 7) is 0. The molecule has 0 bridgehead atoms. The number of nitrogens with one attached hydrogen (secondary N) is 2. The maximum Gasteiger partial charge on any atom is 0.261 e. The first-order valence-corrected chi connectivity index (χ1v) is 10.4. The number of aromatic amines is 1. The van der Waals surface area contributed by atoms with Crippen LogP contribution in [0, 0.1) is 0 Å². The van der Waals surface area contributed by atoms with Crippen molar-refractivity contribution in [3.8, 4) is 0 Å². The lowest BCUT2D eigenvalue weighted by Gasteiger charge is -2.38. The summed E-state index contributed by atoms with van der Waals surface area (Å²) in [4.78, 5) is 15.3. The molecule has 0 saturated heterocycles. The number of H-pyrrole nitrogens is 1. The van der Waals surface area contributed by atoms with Crippen LogP contribution in [-0.4, -0.2) is 14.8 Å². The second kappa shape index (κ2) is 6.78. The molecule has 0 amide bonds. The fourth-order valence-electron chi connectivity index (χ4n) is 4.66. The molecule has 2 heterocycles. The Hall–Kier alpha value is -2.60. The molecule has 2 aromatic heterocycles. The molecule has 0 atom stereocenters. The number of nitrogens with two attached hydrogens (primary N) is 1. The van der Waals surface area contributed by atoms with Gasteiger partial charge < -0.3 is 16.0 Å². The number of rotatable bonds is 4. The Kier molecular flexibility index (Phi) is 4.23. The van der Waals surface area contributed by atoms with Gasteiger partial charge in [-0.05, 0) is 55.9 Å². The second-order valence-electron chi connectivity index (χ2n) is 8.36. The van der Waals surface area contributed by atoms with E-state index in [4.69, 9.17) is 10.8 Å². The van der Waals surface area contributed by atoms with Gasteiger partial charge in [0.1, 0.15) is 5.39 Å². The molecule has 1 aromatic carbocycles. The van der Waals surface area contributed by atoms with Crippen molar-refractivity contribution in [2.24, 2.45) is 5.73 Å². The molecule has 2 fully saturated rings. The third kappa shape index (κ3) is 2.92. The van der Waals surface area contributed by atoms with E-state index < -0.39 is 0 Å². The van der Waals surface area contributed by atoms with E-state index in [-0.39, 0.29) is 11.1 Å². The minimum atomic E-state index is -0.162. The standard InChI is InChI=1S/C22H27N5O/c23-22(12-4-13-22)15-7-9-16(10-8-15)25-20-19-18(11-14-24-21(19)28)27(26-20)17-5-2-1-3-6-17/h7-11,14,17H,1-6,12-13,23H2,(H,24,28)(H,25,26). The number of hydrogen-bond donors (Lipinski definition) is 3. The summed E-state index contributed by atoms with van der Waals surface area (Å²) < 4.78 is 2.06. The Balaban J connectivity index is 1.49. The Morgan fingerprint density at radius 2 is 1.82 bits per heavy atom.